The van der Waals surface area contributed by atoms with E-state index in [-0.39, 0.29) is 0 Å². The SMILES string of the molecule is c1ccc(-c2nc(-n3c4ccccc4c4cc5c6ccc7ccccc7c6n(-c6ccccn6)c5cc43)nc3ccccc23)cc1. The summed E-state index contributed by atoms with van der Waals surface area (Å²) in [6.07, 6.45) is 1.86. The van der Waals surface area contributed by atoms with Crippen molar-refractivity contribution in [3.8, 4) is 23.0 Å². The number of aromatic nitrogens is 5. The van der Waals surface area contributed by atoms with Gasteiger partial charge in [-0.25, -0.2) is 15.0 Å². The maximum absolute atomic E-state index is 5.29. The minimum atomic E-state index is 0.647. The molecule has 0 amide bonds. The lowest BCUT2D eigenvalue weighted by atomic mass is 10.0. The normalized spacial score (nSPS) is 11.9. The predicted octanol–water partition coefficient (Wildman–Crippen LogP) is 10.0. The van der Waals surface area contributed by atoms with Gasteiger partial charge in [-0.05, 0) is 41.8 Å². The summed E-state index contributed by atoms with van der Waals surface area (Å²) in [5.74, 6) is 1.53. The van der Waals surface area contributed by atoms with Crippen molar-refractivity contribution in [1.82, 2.24) is 24.1 Å². The van der Waals surface area contributed by atoms with Crippen LogP contribution < -0.4 is 0 Å². The first-order chi connectivity index (χ1) is 22.8. The van der Waals surface area contributed by atoms with Gasteiger partial charge in [-0.2, -0.15) is 0 Å². The van der Waals surface area contributed by atoms with E-state index in [1.807, 2.05) is 24.4 Å². The van der Waals surface area contributed by atoms with Crippen LogP contribution in [-0.4, -0.2) is 24.1 Å². The number of nitrogens with zero attached hydrogens (tertiary/aromatic N) is 5. The van der Waals surface area contributed by atoms with E-state index in [4.69, 9.17) is 15.0 Å². The Bertz CT molecular complexity index is 2790. The summed E-state index contributed by atoms with van der Waals surface area (Å²) in [6.45, 7) is 0. The lowest BCUT2D eigenvalue weighted by Gasteiger charge is -2.12. The molecule has 0 aliphatic heterocycles. The van der Waals surface area contributed by atoms with E-state index in [0.717, 1.165) is 60.8 Å². The van der Waals surface area contributed by atoms with Crippen LogP contribution >= 0.6 is 0 Å². The van der Waals surface area contributed by atoms with E-state index in [1.54, 1.807) is 0 Å². The van der Waals surface area contributed by atoms with Gasteiger partial charge in [-0.3, -0.25) is 9.13 Å². The van der Waals surface area contributed by atoms with Gasteiger partial charge in [0, 0.05) is 44.1 Å². The molecule has 10 aromatic rings. The van der Waals surface area contributed by atoms with Crippen molar-refractivity contribution < 1.29 is 0 Å². The Kier molecular flexibility index (Phi) is 5.22. The molecule has 5 nitrogen and oxygen atoms in total. The standard InChI is InChI=1S/C41H25N5/c1-2-13-27(14-3-1)39-31-17-6-8-18-34(31)43-41(44-39)45-35-19-9-7-16-29(35)32-24-33-30-22-21-26-12-4-5-15-28(26)40(30)46(37(33)25-36(32)45)38-20-10-11-23-42-38/h1-25H. The molecule has 0 spiro atoms. The van der Waals surface area contributed by atoms with Crippen LogP contribution in [-0.2, 0) is 0 Å². The fourth-order valence-electron chi connectivity index (χ4n) is 7.16. The molecule has 0 saturated heterocycles. The highest BCUT2D eigenvalue weighted by molar-refractivity contribution is 6.23. The highest BCUT2D eigenvalue weighted by atomic mass is 15.2. The van der Waals surface area contributed by atoms with Crippen molar-refractivity contribution in [2.75, 3.05) is 0 Å². The van der Waals surface area contributed by atoms with Crippen molar-refractivity contribution in [3.63, 3.8) is 0 Å². The van der Waals surface area contributed by atoms with Gasteiger partial charge in [-0.1, -0.05) is 109 Å². The maximum atomic E-state index is 5.29. The molecule has 6 aromatic carbocycles. The Morgan fingerprint density at radius 2 is 1.15 bits per heavy atom. The zero-order chi connectivity index (χ0) is 30.2. The van der Waals surface area contributed by atoms with Crippen molar-refractivity contribution in [2.45, 2.75) is 0 Å². The van der Waals surface area contributed by atoms with Crippen LogP contribution in [0.1, 0.15) is 0 Å². The third-order valence-electron chi connectivity index (χ3n) is 9.16. The molecule has 0 bridgehead atoms. The molecule has 4 heterocycles. The molecule has 46 heavy (non-hydrogen) atoms. The van der Waals surface area contributed by atoms with Crippen LogP contribution in [0.3, 0.4) is 0 Å². The molecule has 0 radical (unpaired) electrons. The van der Waals surface area contributed by atoms with Crippen LogP contribution in [0.4, 0.5) is 0 Å². The second-order valence-corrected chi connectivity index (χ2v) is 11.7. The van der Waals surface area contributed by atoms with Gasteiger partial charge in [0.05, 0.1) is 33.3 Å². The number of hydrogen-bond donors (Lipinski definition) is 0. The number of fused-ring (bicyclic) bond motifs is 9. The third kappa shape index (κ3) is 3.54. The quantitative estimate of drug-likeness (QED) is 0.207. The summed E-state index contributed by atoms with van der Waals surface area (Å²) in [6, 6.07) is 51.0. The molecule has 0 N–H and O–H groups in total. The maximum Gasteiger partial charge on any atom is 0.235 e. The third-order valence-corrected chi connectivity index (χ3v) is 9.16. The Balaban J connectivity index is 1.38. The highest BCUT2D eigenvalue weighted by Crippen LogP contribution is 2.41. The van der Waals surface area contributed by atoms with Crippen molar-refractivity contribution in [2.24, 2.45) is 0 Å². The number of benzene rings is 6. The van der Waals surface area contributed by atoms with Crippen LogP contribution in [0.2, 0.25) is 0 Å². The van der Waals surface area contributed by atoms with Crippen LogP contribution in [0.15, 0.2) is 152 Å². The fourth-order valence-corrected chi connectivity index (χ4v) is 7.16. The molecule has 214 valence electrons. The molecule has 10 rings (SSSR count). The van der Waals surface area contributed by atoms with Gasteiger partial charge >= 0.3 is 0 Å². The van der Waals surface area contributed by atoms with Gasteiger partial charge in [-0.15, -0.1) is 0 Å². The highest BCUT2D eigenvalue weighted by Gasteiger charge is 2.21. The minimum Gasteiger partial charge on any atom is -0.293 e. The molecule has 0 atom stereocenters. The van der Waals surface area contributed by atoms with E-state index in [9.17, 15) is 0 Å². The molecular weight excluding hydrogens is 562 g/mol. The number of hydrogen-bond acceptors (Lipinski definition) is 3. The van der Waals surface area contributed by atoms with Crippen LogP contribution in [0.25, 0.3) is 88.3 Å². The number of para-hydroxylation sites is 2. The topological polar surface area (TPSA) is 48.5 Å². The van der Waals surface area contributed by atoms with Crippen molar-refractivity contribution in [3.05, 3.63) is 152 Å². The zero-order valence-corrected chi connectivity index (χ0v) is 24.7. The van der Waals surface area contributed by atoms with E-state index in [1.165, 1.54) is 21.5 Å². The Morgan fingerprint density at radius 3 is 2.02 bits per heavy atom. The van der Waals surface area contributed by atoms with E-state index in [0.29, 0.717) is 5.95 Å². The summed E-state index contributed by atoms with van der Waals surface area (Å²) in [4.78, 5) is 15.3. The first kappa shape index (κ1) is 25.0. The summed E-state index contributed by atoms with van der Waals surface area (Å²) in [5.41, 5.74) is 7.25. The Hall–Kier alpha value is -6.33. The Morgan fingerprint density at radius 1 is 0.435 bits per heavy atom. The smallest absolute Gasteiger partial charge is 0.235 e. The van der Waals surface area contributed by atoms with E-state index >= 15 is 0 Å². The summed E-state index contributed by atoms with van der Waals surface area (Å²) in [7, 11) is 0. The Labute approximate surface area is 263 Å². The molecule has 5 heteroatoms. The average Bonchev–Trinajstić information content (AvgIpc) is 3.63. The zero-order valence-electron chi connectivity index (χ0n) is 24.7. The van der Waals surface area contributed by atoms with Crippen LogP contribution in [0, 0.1) is 0 Å². The first-order valence-electron chi connectivity index (χ1n) is 15.5. The molecule has 0 unspecified atom stereocenters. The largest absolute Gasteiger partial charge is 0.293 e. The number of rotatable bonds is 3. The van der Waals surface area contributed by atoms with E-state index < -0.39 is 0 Å². The fraction of sp³-hybridized carbons (Fsp3) is 0. The van der Waals surface area contributed by atoms with Gasteiger partial charge in [0.2, 0.25) is 5.95 Å². The summed E-state index contributed by atoms with van der Waals surface area (Å²) in [5, 5.41) is 8.14. The lowest BCUT2D eigenvalue weighted by Crippen LogP contribution is -2.03. The second-order valence-electron chi connectivity index (χ2n) is 11.7. The van der Waals surface area contributed by atoms with Crippen molar-refractivity contribution >= 4 is 65.3 Å². The molecule has 0 saturated carbocycles. The lowest BCUT2D eigenvalue weighted by molar-refractivity contribution is 1.01. The molecule has 0 fully saturated rings. The number of pyridine rings is 1. The summed E-state index contributed by atoms with van der Waals surface area (Å²) < 4.78 is 4.53. The average molecular weight is 588 g/mol. The van der Waals surface area contributed by atoms with Gasteiger partial charge < -0.3 is 0 Å². The van der Waals surface area contributed by atoms with Crippen molar-refractivity contribution in [1.29, 1.82) is 0 Å². The molecule has 0 aliphatic carbocycles. The minimum absolute atomic E-state index is 0.647. The second kappa shape index (κ2) is 9.58. The monoisotopic (exact) mass is 587 g/mol. The van der Waals surface area contributed by atoms with Crippen LogP contribution in [0.5, 0.6) is 0 Å². The summed E-state index contributed by atoms with van der Waals surface area (Å²) >= 11 is 0. The van der Waals surface area contributed by atoms with Gasteiger partial charge in [0.25, 0.3) is 0 Å². The first-order valence-corrected chi connectivity index (χ1v) is 15.5. The van der Waals surface area contributed by atoms with E-state index in [2.05, 4.69) is 137 Å². The molecular formula is C41H25N5. The molecule has 0 aliphatic rings. The van der Waals surface area contributed by atoms with Gasteiger partial charge in [0.1, 0.15) is 5.82 Å². The predicted molar refractivity (Wildman–Crippen MR) is 189 cm³/mol. The van der Waals surface area contributed by atoms with Gasteiger partial charge in [0.15, 0.2) is 0 Å². The molecule has 4 aromatic heterocycles.